The van der Waals surface area contributed by atoms with Crippen molar-refractivity contribution in [2.75, 3.05) is 13.1 Å². The lowest BCUT2D eigenvalue weighted by molar-refractivity contribution is -0.131. The topological polar surface area (TPSA) is 59.2 Å². The first-order valence-electron chi connectivity index (χ1n) is 5.83. The molecule has 1 saturated carbocycles. The van der Waals surface area contributed by atoms with Gasteiger partial charge in [-0.25, -0.2) is 0 Å². The van der Waals surface area contributed by atoms with Gasteiger partial charge in [0.1, 0.15) is 0 Å². The number of rotatable bonds is 2. The maximum absolute atomic E-state index is 11.8. The molecule has 1 aromatic heterocycles. The molecule has 0 N–H and O–H groups in total. The molecule has 16 heavy (non-hydrogen) atoms. The largest absolute Gasteiger partial charge is 0.425 e. The summed E-state index contributed by atoms with van der Waals surface area (Å²) >= 11 is 0. The van der Waals surface area contributed by atoms with Crippen LogP contribution in [0.2, 0.25) is 0 Å². The Morgan fingerprint density at radius 2 is 2.19 bits per heavy atom. The van der Waals surface area contributed by atoms with Crippen molar-refractivity contribution in [1.29, 1.82) is 0 Å². The predicted octanol–water partition coefficient (Wildman–Crippen LogP) is 1.10. The number of amides is 1. The van der Waals surface area contributed by atoms with E-state index in [-0.39, 0.29) is 5.92 Å². The number of carbonyl (C=O) groups excluding carboxylic acids is 1. The molecular weight excluding hydrogens is 206 g/mol. The Bertz CT molecular complexity index is 411. The average Bonchev–Trinajstić information content (AvgIpc) is 2.84. The molecule has 0 aromatic carbocycles. The van der Waals surface area contributed by atoms with Crippen molar-refractivity contribution < 1.29 is 9.21 Å². The minimum absolute atomic E-state index is 0.240. The molecule has 86 valence electrons. The van der Waals surface area contributed by atoms with E-state index >= 15 is 0 Å². The standard InChI is InChI=1S/C11H15N3O2/c1-7-12-13-10(16-7)9-4-5-14(6-9)11(15)8-2-3-8/h8-9H,2-6H2,1H3/t9-/m0/s1. The molecule has 0 spiro atoms. The molecule has 3 rings (SSSR count). The highest BCUT2D eigenvalue weighted by Gasteiger charge is 2.38. The molecule has 2 heterocycles. The van der Waals surface area contributed by atoms with Crippen molar-refractivity contribution in [3.05, 3.63) is 11.8 Å². The zero-order valence-electron chi connectivity index (χ0n) is 9.35. The van der Waals surface area contributed by atoms with Crippen LogP contribution in [-0.4, -0.2) is 34.1 Å². The minimum atomic E-state index is 0.240. The molecule has 2 aliphatic rings. The number of nitrogens with zero attached hydrogens (tertiary/aromatic N) is 3. The first kappa shape index (κ1) is 9.81. The SMILES string of the molecule is Cc1nnc([C@H]2CCN(C(=O)C3CC3)C2)o1. The molecular formula is C11H15N3O2. The van der Waals surface area contributed by atoms with Gasteiger partial charge in [0.25, 0.3) is 0 Å². The fourth-order valence-corrected chi connectivity index (χ4v) is 2.23. The molecule has 1 saturated heterocycles. The van der Waals surface area contributed by atoms with Gasteiger partial charge in [-0.3, -0.25) is 4.79 Å². The van der Waals surface area contributed by atoms with Crippen LogP contribution in [-0.2, 0) is 4.79 Å². The fraction of sp³-hybridized carbons (Fsp3) is 0.727. The van der Waals surface area contributed by atoms with E-state index < -0.39 is 0 Å². The zero-order chi connectivity index (χ0) is 11.1. The summed E-state index contributed by atoms with van der Waals surface area (Å²) in [4.78, 5) is 13.8. The summed E-state index contributed by atoms with van der Waals surface area (Å²) in [5, 5.41) is 7.86. The highest BCUT2D eigenvalue weighted by Crippen LogP contribution is 2.34. The van der Waals surface area contributed by atoms with Gasteiger partial charge in [0.2, 0.25) is 17.7 Å². The summed E-state index contributed by atoms with van der Waals surface area (Å²) in [7, 11) is 0. The van der Waals surface area contributed by atoms with E-state index in [2.05, 4.69) is 10.2 Å². The number of carbonyl (C=O) groups is 1. The highest BCUT2D eigenvalue weighted by atomic mass is 16.4. The monoisotopic (exact) mass is 221 g/mol. The molecule has 1 atom stereocenters. The van der Waals surface area contributed by atoms with Crippen LogP contribution in [0.1, 0.15) is 37.0 Å². The van der Waals surface area contributed by atoms with E-state index in [9.17, 15) is 4.79 Å². The summed E-state index contributed by atoms with van der Waals surface area (Å²) in [6, 6.07) is 0. The lowest BCUT2D eigenvalue weighted by Crippen LogP contribution is -2.29. The Morgan fingerprint density at radius 1 is 1.38 bits per heavy atom. The van der Waals surface area contributed by atoms with E-state index in [1.165, 1.54) is 0 Å². The highest BCUT2D eigenvalue weighted by molar-refractivity contribution is 5.81. The maximum atomic E-state index is 11.8. The summed E-state index contributed by atoms with van der Waals surface area (Å²) in [6.07, 6.45) is 3.08. The number of hydrogen-bond donors (Lipinski definition) is 0. The van der Waals surface area contributed by atoms with E-state index in [1.807, 2.05) is 4.90 Å². The second kappa shape index (κ2) is 3.57. The van der Waals surface area contributed by atoms with E-state index in [1.54, 1.807) is 6.92 Å². The summed E-state index contributed by atoms with van der Waals surface area (Å²) < 4.78 is 5.41. The first-order chi connectivity index (χ1) is 7.74. The Kier molecular flexibility index (Phi) is 2.19. The third-order valence-corrected chi connectivity index (χ3v) is 3.32. The average molecular weight is 221 g/mol. The smallest absolute Gasteiger partial charge is 0.225 e. The van der Waals surface area contributed by atoms with Crippen LogP contribution in [0.3, 0.4) is 0 Å². The summed E-state index contributed by atoms with van der Waals surface area (Å²) in [6.45, 7) is 3.37. The zero-order valence-corrected chi connectivity index (χ0v) is 9.35. The van der Waals surface area contributed by atoms with Gasteiger partial charge in [0.05, 0.1) is 5.92 Å². The van der Waals surface area contributed by atoms with Gasteiger partial charge in [-0.15, -0.1) is 10.2 Å². The molecule has 1 aromatic rings. The van der Waals surface area contributed by atoms with Gasteiger partial charge in [0.15, 0.2) is 0 Å². The van der Waals surface area contributed by atoms with Crippen molar-refractivity contribution in [3.63, 3.8) is 0 Å². The lowest BCUT2D eigenvalue weighted by atomic mass is 10.1. The van der Waals surface area contributed by atoms with E-state index in [0.717, 1.165) is 32.4 Å². The molecule has 1 aliphatic heterocycles. The lowest BCUT2D eigenvalue weighted by Gasteiger charge is -2.14. The van der Waals surface area contributed by atoms with Crippen LogP contribution < -0.4 is 0 Å². The molecule has 0 radical (unpaired) electrons. The fourth-order valence-electron chi connectivity index (χ4n) is 2.23. The molecule has 5 nitrogen and oxygen atoms in total. The first-order valence-corrected chi connectivity index (χ1v) is 5.83. The van der Waals surface area contributed by atoms with E-state index in [0.29, 0.717) is 23.6 Å². The predicted molar refractivity (Wildman–Crippen MR) is 55.7 cm³/mol. The molecule has 0 unspecified atom stereocenters. The van der Waals surface area contributed by atoms with Crippen molar-refractivity contribution in [2.45, 2.75) is 32.1 Å². The number of hydrogen-bond acceptors (Lipinski definition) is 4. The van der Waals surface area contributed by atoms with Crippen molar-refractivity contribution in [1.82, 2.24) is 15.1 Å². The van der Waals surface area contributed by atoms with Crippen LogP contribution in [0.5, 0.6) is 0 Å². The van der Waals surface area contributed by atoms with Gasteiger partial charge in [-0.05, 0) is 19.3 Å². The van der Waals surface area contributed by atoms with Crippen LogP contribution in [0.4, 0.5) is 0 Å². The molecule has 5 heteroatoms. The number of aryl methyl sites for hydroxylation is 1. The van der Waals surface area contributed by atoms with Gasteiger partial charge in [0, 0.05) is 25.9 Å². The van der Waals surface area contributed by atoms with Crippen LogP contribution in [0, 0.1) is 12.8 Å². The quantitative estimate of drug-likeness (QED) is 0.750. The van der Waals surface area contributed by atoms with Crippen LogP contribution in [0.25, 0.3) is 0 Å². The molecule has 2 fully saturated rings. The van der Waals surface area contributed by atoms with Crippen LogP contribution in [0.15, 0.2) is 4.42 Å². The van der Waals surface area contributed by atoms with Crippen LogP contribution >= 0.6 is 0 Å². The Balaban J connectivity index is 1.66. The third kappa shape index (κ3) is 1.70. The maximum Gasteiger partial charge on any atom is 0.225 e. The van der Waals surface area contributed by atoms with E-state index in [4.69, 9.17) is 4.42 Å². The van der Waals surface area contributed by atoms with Crippen molar-refractivity contribution in [3.8, 4) is 0 Å². The summed E-state index contributed by atoms with van der Waals surface area (Å²) in [5.74, 6) is 2.15. The minimum Gasteiger partial charge on any atom is -0.425 e. The normalized spacial score (nSPS) is 25.1. The second-order valence-corrected chi connectivity index (χ2v) is 4.70. The molecule has 1 amide bonds. The van der Waals surface area contributed by atoms with Gasteiger partial charge < -0.3 is 9.32 Å². The Labute approximate surface area is 93.8 Å². The third-order valence-electron chi connectivity index (χ3n) is 3.32. The van der Waals surface area contributed by atoms with Gasteiger partial charge in [-0.2, -0.15) is 0 Å². The number of likely N-dealkylation sites (tertiary alicyclic amines) is 1. The van der Waals surface area contributed by atoms with Gasteiger partial charge in [-0.1, -0.05) is 0 Å². The van der Waals surface area contributed by atoms with Crippen molar-refractivity contribution >= 4 is 5.91 Å². The summed E-state index contributed by atoms with van der Waals surface area (Å²) in [5.41, 5.74) is 0. The van der Waals surface area contributed by atoms with Crippen molar-refractivity contribution in [2.24, 2.45) is 5.92 Å². The molecule has 0 bridgehead atoms. The second-order valence-electron chi connectivity index (χ2n) is 4.70. The van der Waals surface area contributed by atoms with Gasteiger partial charge >= 0.3 is 0 Å². The molecule has 1 aliphatic carbocycles. The number of aromatic nitrogens is 2. The Hall–Kier alpha value is -1.39. The Morgan fingerprint density at radius 3 is 2.81 bits per heavy atom.